The zero-order valence-corrected chi connectivity index (χ0v) is 9.04. The van der Waals surface area contributed by atoms with Crippen LogP contribution in [0.1, 0.15) is 26.7 Å². The molecule has 1 aliphatic heterocycles. The molecule has 0 saturated carbocycles. The summed E-state index contributed by atoms with van der Waals surface area (Å²) in [6, 6.07) is 0. The molecule has 0 aromatic heterocycles. The van der Waals surface area contributed by atoms with Crippen molar-refractivity contribution in [2.45, 2.75) is 32.3 Å². The fourth-order valence-electron chi connectivity index (χ4n) is 1.82. The van der Waals surface area contributed by atoms with Gasteiger partial charge in [-0.25, -0.2) is 0 Å². The van der Waals surface area contributed by atoms with Crippen LogP contribution < -0.4 is 5.32 Å². The highest BCUT2D eigenvalue weighted by atomic mass is 35.5. The lowest BCUT2D eigenvalue weighted by Gasteiger charge is -2.35. The van der Waals surface area contributed by atoms with Crippen LogP contribution >= 0.6 is 12.4 Å². The van der Waals surface area contributed by atoms with E-state index in [1.165, 1.54) is 12.8 Å². The summed E-state index contributed by atoms with van der Waals surface area (Å²) in [7, 11) is 2.02. The topological polar surface area (TPSA) is 21.3 Å². The van der Waals surface area contributed by atoms with Gasteiger partial charge in [0.05, 0.1) is 5.60 Å². The van der Waals surface area contributed by atoms with Crippen LogP contribution in [0.3, 0.4) is 0 Å². The molecule has 1 rings (SSSR count). The van der Waals surface area contributed by atoms with Crippen molar-refractivity contribution in [3.63, 3.8) is 0 Å². The molecule has 1 heterocycles. The van der Waals surface area contributed by atoms with E-state index in [1.807, 2.05) is 7.05 Å². The Bertz CT molecular complexity index is 126. The summed E-state index contributed by atoms with van der Waals surface area (Å²) >= 11 is 0. The number of hydrogen-bond donors (Lipinski definition) is 1. The smallest absolute Gasteiger partial charge is 0.0629 e. The predicted molar refractivity (Wildman–Crippen MR) is 53.9 cm³/mol. The highest BCUT2D eigenvalue weighted by molar-refractivity contribution is 5.85. The molecule has 1 fully saturated rings. The van der Waals surface area contributed by atoms with Gasteiger partial charge in [0.25, 0.3) is 0 Å². The summed E-state index contributed by atoms with van der Waals surface area (Å²) in [6.45, 7) is 6.41. The molecule has 0 radical (unpaired) electrons. The monoisotopic (exact) mass is 193 g/mol. The van der Waals surface area contributed by atoms with Crippen LogP contribution in [0.2, 0.25) is 0 Å². The summed E-state index contributed by atoms with van der Waals surface area (Å²) in [4.78, 5) is 0. The van der Waals surface area contributed by atoms with Gasteiger partial charge in [-0.1, -0.05) is 0 Å². The maximum Gasteiger partial charge on any atom is 0.0629 e. The van der Waals surface area contributed by atoms with E-state index in [9.17, 15) is 0 Å². The molecule has 0 aromatic rings. The molecule has 1 atom stereocenters. The molecule has 0 unspecified atom stereocenters. The Morgan fingerprint density at radius 2 is 2.17 bits per heavy atom. The summed E-state index contributed by atoms with van der Waals surface area (Å²) in [5, 5.41) is 3.22. The van der Waals surface area contributed by atoms with E-state index in [-0.39, 0.29) is 18.0 Å². The Labute approximate surface area is 81.5 Å². The zero-order chi connectivity index (χ0) is 8.32. The largest absolute Gasteiger partial charge is 0.376 e. The molecule has 3 heteroatoms. The first kappa shape index (κ1) is 12.2. The minimum atomic E-state index is 0. The fraction of sp³-hybridized carbons (Fsp3) is 1.00. The Morgan fingerprint density at radius 1 is 1.50 bits per heavy atom. The quantitative estimate of drug-likeness (QED) is 0.723. The Hall–Kier alpha value is 0.210. The summed E-state index contributed by atoms with van der Waals surface area (Å²) in [5.74, 6) is 0.809. The van der Waals surface area contributed by atoms with Gasteiger partial charge in [0, 0.05) is 6.61 Å². The molecule has 2 nitrogen and oxygen atoms in total. The summed E-state index contributed by atoms with van der Waals surface area (Å²) in [5.41, 5.74) is 0.111. The maximum atomic E-state index is 5.61. The Kier molecular flexibility index (Phi) is 5.14. The van der Waals surface area contributed by atoms with E-state index in [0.29, 0.717) is 0 Å². The lowest BCUT2D eigenvalue weighted by atomic mass is 9.88. The van der Waals surface area contributed by atoms with E-state index in [2.05, 4.69) is 19.2 Å². The predicted octanol–water partition coefficient (Wildman–Crippen LogP) is 1.83. The number of ether oxygens (including phenoxy) is 1. The van der Waals surface area contributed by atoms with E-state index in [4.69, 9.17) is 4.74 Å². The fourth-order valence-corrected chi connectivity index (χ4v) is 1.82. The van der Waals surface area contributed by atoms with Crippen molar-refractivity contribution in [2.24, 2.45) is 5.92 Å². The maximum absolute atomic E-state index is 5.61. The number of rotatable bonds is 2. The van der Waals surface area contributed by atoms with Crippen LogP contribution in [0.5, 0.6) is 0 Å². The molecular formula is C9H20ClNO. The number of halogens is 1. The second kappa shape index (κ2) is 5.05. The van der Waals surface area contributed by atoms with Gasteiger partial charge in [-0.2, -0.15) is 0 Å². The highest BCUT2D eigenvalue weighted by Crippen LogP contribution is 2.27. The van der Waals surface area contributed by atoms with Gasteiger partial charge >= 0.3 is 0 Å². The van der Waals surface area contributed by atoms with E-state index < -0.39 is 0 Å². The van der Waals surface area contributed by atoms with Crippen LogP contribution in [0.15, 0.2) is 0 Å². The lowest BCUT2D eigenvalue weighted by molar-refractivity contribution is -0.0715. The Balaban J connectivity index is 0.00000121. The minimum absolute atomic E-state index is 0. The number of hydrogen-bond acceptors (Lipinski definition) is 2. The van der Waals surface area contributed by atoms with E-state index >= 15 is 0 Å². The van der Waals surface area contributed by atoms with Gasteiger partial charge in [-0.15, -0.1) is 12.4 Å². The summed E-state index contributed by atoms with van der Waals surface area (Å²) in [6.07, 6.45) is 2.40. The molecule has 74 valence electrons. The molecule has 0 bridgehead atoms. The molecule has 0 spiro atoms. The van der Waals surface area contributed by atoms with Crippen molar-refractivity contribution in [1.82, 2.24) is 5.32 Å². The van der Waals surface area contributed by atoms with Crippen molar-refractivity contribution < 1.29 is 4.74 Å². The molecule has 0 aromatic carbocycles. The van der Waals surface area contributed by atoms with Crippen LogP contribution in [-0.2, 0) is 4.74 Å². The van der Waals surface area contributed by atoms with Gasteiger partial charge in [0.2, 0.25) is 0 Å². The minimum Gasteiger partial charge on any atom is -0.376 e. The highest BCUT2D eigenvalue weighted by Gasteiger charge is 2.27. The van der Waals surface area contributed by atoms with Gasteiger partial charge < -0.3 is 10.1 Å². The van der Waals surface area contributed by atoms with Crippen molar-refractivity contribution in [3.05, 3.63) is 0 Å². The molecule has 1 saturated heterocycles. The van der Waals surface area contributed by atoms with Gasteiger partial charge in [0.15, 0.2) is 0 Å². The van der Waals surface area contributed by atoms with Crippen molar-refractivity contribution in [1.29, 1.82) is 0 Å². The normalized spacial score (nSPS) is 27.8. The van der Waals surface area contributed by atoms with Gasteiger partial charge in [0.1, 0.15) is 0 Å². The SMILES string of the molecule is CNC[C@H]1CCOC(C)(C)C1.Cl. The van der Waals surface area contributed by atoms with E-state index in [0.717, 1.165) is 19.1 Å². The van der Waals surface area contributed by atoms with Gasteiger partial charge in [-0.05, 0) is 46.2 Å². The second-order valence-electron chi connectivity index (χ2n) is 4.02. The average Bonchev–Trinajstić information content (AvgIpc) is 1.85. The molecular weight excluding hydrogens is 174 g/mol. The number of nitrogens with one attached hydrogen (secondary N) is 1. The Morgan fingerprint density at radius 3 is 2.67 bits per heavy atom. The third-order valence-corrected chi connectivity index (χ3v) is 2.29. The molecule has 1 aliphatic rings. The van der Waals surface area contributed by atoms with Crippen molar-refractivity contribution >= 4 is 12.4 Å². The van der Waals surface area contributed by atoms with Gasteiger partial charge in [-0.3, -0.25) is 0 Å². The molecule has 1 N–H and O–H groups in total. The summed E-state index contributed by atoms with van der Waals surface area (Å²) < 4.78 is 5.61. The zero-order valence-electron chi connectivity index (χ0n) is 8.22. The van der Waals surface area contributed by atoms with E-state index in [1.54, 1.807) is 0 Å². The third-order valence-electron chi connectivity index (χ3n) is 2.29. The first-order valence-corrected chi connectivity index (χ1v) is 4.42. The standard InChI is InChI=1S/C9H19NO.ClH/c1-9(2)6-8(7-10-3)4-5-11-9;/h8,10H,4-7H2,1-3H3;1H/t8-;/m0./s1. The molecule has 12 heavy (non-hydrogen) atoms. The molecule has 0 amide bonds. The second-order valence-corrected chi connectivity index (χ2v) is 4.02. The average molecular weight is 194 g/mol. The van der Waals surface area contributed by atoms with Crippen molar-refractivity contribution in [3.8, 4) is 0 Å². The third kappa shape index (κ3) is 3.74. The van der Waals surface area contributed by atoms with Crippen LogP contribution in [0, 0.1) is 5.92 Å². The first-order valence-electron chi connectivity index (χ1n) is 4.42. The van der Waals surface area contributed by atoms with Crippen LogP contribution in [-0.4, -0.2) is 25.8 Å². The lowest BCUT2D eigenvalue weighted by Crippen LogP contribution is -2.37. The first-order chi connectivity index (χ1) is 5.14. The van der Waals surface area contributed by atoms with Crippen LogP contribution in [0.4, 0.5) is 0 Å². The van der Waals surface area contributed by atoms with Crippen molar-refractivity contribution in [2.75, 3.05) is 20.2 Å². The molecule has 0 aliphatic carbocycles. The van der Waals surface area contributed by atoms with Crippen LogP contribution in [0.25, 0.3) is 0 Å².